The summed E-state index contributed by atoms with van der Waals surface area (Å²) in [5, 5.41) is -0.147. The topological polar surface area (TPSA) is 54.5 Å². The number of carbonyl (C=O) groups excluding carboxylic acids is 1. The largest absolute Gasteiger partial charge is 0.342 e. The zero-order valence-electron chi connectivity index (χ0n) is 9.58. The maximum Gasteiger partial charge on any atom is 0.262 e. The lowest BCUT2D eigenvalue weighted by Gasteiger charge is -2.16. The molecule has 0 bridgehead atoms. The van der Waals surface area contributed by atoms with Crippen molar-refractivity contribution in [1.82, 2.24) is 4.90 Å². The molecule has 100 valence electrons. The Morgan fingerprint density at radius 3 is 2.33 bits per heavy atom. The quantitative estimate of drug-likeness (QED) is 0.801. The van der Waals surface area contributed by atoms with Crippen LogP contribution in [0.5, 0.6) is 0 Å². The van der Waals surface area contributed by atoms with E-state index in [0.717, 1.165) is 6.07 Å². The summed E-state index contributed by atoms with van der Waals surface area (Å²) in [6, 6.07) is 2.42. The van der Waals surface area contributed by atoms with Crippen LogP contribution in [0.15, 0.2) is 17.0 Å². The second-order valence-corrected chi connectivity index (χ2v) is 6.87. The van der Waals surface area contributed by atoms with E-state index in [1.165, 1.54) is 11.0 Å². The number of carbonyl (C=O) groups is 1. The van der Waals surface area contributed by atoms with Crippen LogP contribution in [-0.4, -0.2) is 32.8 Å². The molecule has 0 saturated heterocycles. The highest BCUT2D eigenvalue weighted by molar-refractivity contribution is 8.13. The van der Waals surface area contributed by atoms with E-state index in [0.29, 0.717) is 6.54 Å². The molecule has 0 aliphatic heterocycles. The molecule has 8 heteroatoms. The van der Waals surface area contributed by atoms with Crippen molar-refractivity contribution in [1.29, 1.82) is 0 Å². The van der Waals surface area contributed by atoms with Crippen molar-refractivity contribution >= 4 is 48.8 Å². The summed E-state index contributed by atoms with van der Waals surface area (Å²) in [5.41, 5.74) is 0.00717. The van der Waals surface area contributed by atoms with Crippen molar-refractivity contribution in [3.05, 3.63) is 27.7 Å². The molecular weight excluding hydrogens is 321 g/mol. The van der Waals surface area contributed by atoms with Gasteiger partial charge >= 0.3 is 0 Å². The van der Waals surface area contributed by atoms with Crippen LogP contribution in [0.4, 0.5) is 0 Å². The van der Waals surface area contributed by atoms with Gasteiger partial charge in [-0.25, -0.2) is 8.42 Å². The molecule has 0 unspecified atom stereocenters. The third-order valence-corrected chi connectivity index (χ3v) is 4.40. The standard InChI is InChI=1S/C10H10Cl3NO3S/c1-3-14(2)10(15)7-4-6(11)5-8(9(7)12)18(13,16)17/h4-5H,3H2,1-2H3. The molecule has 18 heavy (non-hydrogen) atoms. The highest BCUT2D eigenvalue weighted by atomic mass is 35.7. The molecule has 0 fully saturated rings. The Balaban J connectivity index is 3.48. The first-order valence-electron chi connectivity index (χ1n) is 4.87. The van der Waals surface area contributed by atoms with Crippen LogP contribution in [0.3, 0.4) is 0 Å². The molecular formula is C10H10Cl3NO3S. The number of amides is 1. The van der Waals surface area contributed by atoms with Gasteiger partial charge in [-0.15, -0.1) is 0 Å². The van der Waals surface area contributed by atoms with E-state index in [9.17, 15) is 13.2 Å². The third-order valence-electron chi connectivity index (χ3n) is 2.32. The van der Waals surface area contributed by atoms with E-state index in [1.54, 1.807) is 14.0 Å². The molecule has 4 nitrogen and oxygen atoms in total. The Hall–Kier alpha value is -0.490. The molecule has 1 rings (SSSR count). The zero-order valence-corrected chi connectivity index (χ0v) is 12.7. The molecule has 0 saturated carbocycles. The van der Waals surface area contributed by atoms with Crippen molar-refractivity contribution in [2.75, 3.05) is 13.6 Å². The van der Waals surface area contributed by atoms with Crippen LogP contribution in [-0.2, 0) is 9.05 Å². The molecule has 0 spiro atoms. The van der Waals surface area contributed by atoms with Gasteiger partial charge in [0.1, 0.15) is 4.90 Å². The van der Waals surface area contributed by atoms with Gasteiger partial charge in [0.15, 0.2) is 0 Å². The molecule has 0 atom stereocenters. The summed E-state index contributed by atoms with van der Waals surface area (Å²) in [6.07, 6.45) is 0. The van der Waals surface area contributed by atoms with Gasteiger partial charge in [0.2, 0.25) is 0 Å². The normalized spacial score (nSPS) is 11.4. The minimum Gasteiger partial charge on any atom is -0.342 e. The Kier molecular flexibility index (Phi) is 4.89. The highest BCUT2D eigenvalue weighted by Gasteiger charge is 2.23. The molecule has 0 N–H and O–H groups in total. The number of nitrogens with zero attached hydrogens (tertiary/aromatic N) is 1. The minimum absolute atomic E-state index is 0.00717. The summed E-state index contributed by atoms with van der Waals surface area (Å²) in [7, 11) is 2.73. The van der Waals surface area contributed by atoms with Gasteiger partial charge in [-0.05, 0) is 19.1 Å². The fourth-order valence-corrected chi connectivity index (χ4v) is 3.10. The van der Waals surface area contributed by atoms with E-state index in [1.807, 2.05) is 0 Å². The first kappa shape index (κ1) is 15.6. The fourth-order valence-electron chi connectivity index (χ4n) is 1.25. The average Bonchev–Trinajstić information content (AvgIpc) is 2.28. The van der Waals surface area contributed by atoms with Crippen molar-refractivity contribution in [3.8, 4) is 0 Å². The molecule has 1 aromatic carbocycles. The van der Waals surface area contributed by atoms with Gasteiger partial charge in [0, 0.05) is 29.3 Å². The smallest absolute Gasteiger partial charge is 0.262 e. The average molecular weight is 331 g/mol. The third kappa shape index (κ3) is 3.29. The molecule has 1 amide bonds. The number of hydrogen-bond acceptors (Lipinski definition) is 3. The van der Waals surface area contributed by atoms with E-state index in [4.69, 9.17) is 33.9 Å². The predicted octanol–water partition coefficient (Wildman–Crippen LogP) is 3.01. The monoisotopic (exact) mass is 329 g/mol. The summed E-state index contributed by atoms with van der Waals surface area (Å²) < 4.78 is 22.6. The summed E-state index contributed by atoms with van der Waals surface area (Å²) >= 11 is 11.7. The van der Waals surface area contributed by atoms with Crippen molar-refractivity contribution in [3.63, 3.8) is 0 Å². The van der Waals surface area contributed by atoms with E-state index in [2.05, 4.69) is 0 Å². The molecule has 0 aliphatic carbocycles. The van der Waals surface area contributed by atoms with Crippen LogP contribution in [0.25, 0.3) is 0 Å². The lowest BCUT2D eigenvalue weighted by atomic mass is 10.2. The Morgan fingerprint density at radius 1 is 1.33 bits per heavy atom. The summed E-state index contributed by atoms with van der Waals surface area (Å²) in [4.78, 5) is 13.0. The van der Waals surface area contributed by atoms with Gasteiger partial charge in [-0.2, -0.15) is 0 Å². The molecule has 0 aromatic heterocycles. The Labute approximate surface area is 120 Å². The lowest BCUT2D eigenvalue weighted by molar-refractivity contribution is 0.0802. The number of hydrogen-bond donors (Lipinski definition) is 0. The van der Waals surface area contributed by atoms with Gasteiger partial charge in [0.05, 0.1) is 10.6 Å². The van der Waals surface area contributed by atoms with Gasteiger partial charge < -0.3 is 4.90 Å². The molecule has 0 radical (unpaired) electrons. The van der Waals surface area contributed by atoms with Crippen molar-refractivity contribution in [2.45, 2.75) is 11.8 Å². The van der Waals surface area contributed by atoms with Gasteiger partial charge in [-0.1, -0.05) is 23.2 Å². The van der Waals surface area contributed by atoms with E-state index in [-0.39, 0.29) is 20.5 Å². The van der Waals surface area contributed by atoms with Crippen molar-refractivity contribution in [2.24, 2.45) is 0 Å². The second kappa shape index (κ2) is 5.65. The van der Waals surface area contributed by atoms with E-state index >= 15 is 0 Å². The van der Waals surface area contributed by atoms with Gasteiger partial charge in [0.25, 0.3) is 15.0 Å². The zero-order chi connectivity index (χ0) is 14.1. The van der Waals surface area contributed by atoms with Crippen LogP contribution < -0.4 is 0 Å². The van der Waals surface area contributed by atoms with Crippen molar-refractivity contribution < 1.29 is 13.2 Å². The van der Waals surface area contributed by atoms with Crippen LogP contribution >= 0.6 is 33.9 Å². The first-order chi connectivity index (χ1) is 8.18. The maximum absolute atomic E-state index is 12.0. The van der Waals surface area contributed by atoms with Crippen LogP contribution in [0.2, 0.25) is 10.0 Å². The fraction of sp³-hybridized carbons (Fsp3) is 0.300. The Bertz CT molecular complexity index is 586. The first-order valence-corrected chi connectivity index (χ1v) is 7.94. The number of benzene rings is 1. The van der Waals surface area contributed by atoms with Crippen LogP contribution in [0.1, 0.15) is 17.3 Å². The maximum atomic E-state index is 12.0. The highest BCUT2D eigenvalue weighted by Crippen LogP contribution is 2.32. The SMILES string of the molecule is CCN(C)C(=O)c1cc(Cl)cc(S(=O)(=O)Cl)c1Cl. The number of halogens is 3. The van der Waals surface area contributed by atoms with Crippen LogP contribution in [0, 0.1) is 0 Å². The van der Waals surface area contributed by atoms with E-state index < -0.39 is 15.0 Å². The van der Waals surface area contributed by atoms with Gasteiger partial charge in [-0.3, -0.25) is 4.79 Å². The molecule has 1 aromatic rings. The number of rotatable bonds is 3. The lowest BCUT2D eigenvalue weighted by Crippen LogP contribution is -2.26. The Morgan fingerprint density at radius 2 is 1.89 bits per heavy atom. The summed E-state index contributed by atoms with van der Waals surface area (Å²) in [5.74, 6) is -0.424. The minimum atomic E-state index is -4.06. The molecule has 0 aliphatic rings. The predicted molar refractivity (Wildman–Crippen MR) is 72.1 cm³/mol. The second-order valence-electron chi connectivity index (χ2n) is 3.52. The summed E-state index contributed by atoms with van der Waals surface area (Å²) in [6.45, 7) is 2.22. The molecule has 0 heterocycles.